The van der Waals surface area contributed by atoms with Gasteiger partial charge in [0.05, 0.1) is 25.7 Å². The Morgan fingerprint density at radius 2 is 1.87 bits per heavy atom. The van der Waals surface area contributed by atoms with Gasteiger partial charge < -0.3 is 24.1 Å². The highest BCUT2D eigenvalue weighted by Crippen LogP contribution is 2.29. The van der Waals surface area contributed by atoms with Crippen LogP contribution in [0.5, 0.6) is 17.2 Å². The number of aromatic nitrogens is 3. The van der Waals surface area contributed by atoms with Gasteiger partial charge in [-0.3, -0.25) is 4.79 Å². The summed E-state index contributed by atoms with van der Waals surface area (Å²) in [5.41, 5.74) is 2.74. The minimum Gasteiger partial charge on any atom is -0.497 e. The molecule has 0 bridgehead atoms. The summed E-state index contributed by atoms with van der Waals surface area (Å²) in [6.07, 6.45) is 0. The van der Waals surface area contributed by atoms with E-state index in [1.807, 2.05) is 43.7 Å². The van der Waals surface area contributed by atoms with Crippen LogP contribution in [0.2, 0.25) is 0 Å². The standard InChI is InChI=1S/C22H26N4O4S/c1-14-6-7-15(2)19(10-14)30-12-20-24-25-22(26(20)3)31-13-21(27)23-17-11-16(28-4)8-9-18(17)29-5/h6-11H,12-13H2,1-5H3,(H,23,27). The molecule has 3 aromatic rings. The highest BCUT2D eigenvalue weighted by Gasteiger charge is 2.14. The molecule has 1 heterocycles. The van der Waals surface area contributed by atoms with E-state index in [1.165, 1.54) is 11.8 Å². The van der Waals surface area contributed by atoms with Crippen molar-refractivity contribution in [3.05, 3.63) is 53.3 Å². The van der Waals surface area contributed by atoms with Gasteiger partial charge in [0.2, 0.25) is 5.91 Å². The van der Waals surface area contributed by atoms with Crippen LogP contribution in [0, 0.1) is 13.8 Å². The molecule has 2 aromatic carbocycles. The molecule has 0 radical (unpaired) electrons. The number of hydrogen-bond acceptors (Lipinski definition) is 7. The molecule has 164 valence electrons. The van der Waals surface area contributed by atoms with Crippen molar-refractivity contribution in [3.8, 4) is 17.2 Å². The molecule has 0 unspecified atom stereocenters. The Balaban J connectivity index is 1.58. The molecule has 0 fully saturated rings. The first-order valence-corrected chi connectivity index (χ1v) is 10.6. The first-order chi connectivity index (χ1) is 14.9. The summed E-state index contributed by atoms with van der Waals surface area (Å²) in [4.78, 5) is 12.4. The average Bonchev–Trinajstić information content (AvgIpc) is 3.12. The number of benzene rings is 2. The lowest BCUT2D eigenvalue weighted by Gasteiger charge is -2.11. The van der Waals surface area contributed by atoms with Crippen molar-refractivity contribution in [1.29, 1.82) is 0 Å². The number of amides is 1. The Bertz CT molecular complexity index is 1070. The quantitative estimate of drug-likeness (QED) is 0.505. The van der Waals surface area contributed by atoms with Crippen LogP contribution in [-0.2, 0) is 18.4 Å². The zero-order valence-corrected chi connectivity index (χ0v) is 19.1. The molecule has 0 atom stereocenters. The average molecular weight is 443 g/mol. The Kier molecular flexibility index (Phi) is 7.41. The van der Waals surface area contributed by atoms with Crippen molar-refractivity contribution < 1.29 is 19.0 Å². The Morgan fingerprint density at radius 3 is 2.61 bits per heavy atom. The molecule has 0 aliphatic heterocycles. The first kappa shape index (κ1) is 22.5. The minimum atomic E-state index is -0.187. The van der Waals surface area contributed by atoms with Crippen molar-refractivity contribution in [2.45, 2.75) is 25.6 Å². The van der Waals surface area contributed by atoms with Crippen molar-refractivity contribution in [2.24, 2.45) is 7.05 Å². The van der Waals surface area contributed by atoms with Crippen LogP contribution in [0.15, 0.2) is 41.6 Å². The second-order valence-corrected chi connectivity index (χ2v) is 7.86. The fourth-order valence-electron chi connectivity index (χ4n) is 2.83. The fraction of sp³-hybridized carbons (Fsp3) is 0.318. The molecule has 31 heavy (non-hydrogen) atoms. The maximum absolute atomic E-state index is 12.4. The number of methoxy groups -OCH3 is 2. The molecule has 0 saturated heterocycles. The normalized spacial score (nSPS) is 10.6. The van der Waals surface area contributed by atoms with E-state index in [4.69, 9.17) is 14.2 Å². The summed E-state index contributed by atoms with van der Waals surface area (Å²) >= 11 is 1.30. The lowest BCUT2D eigenvalue weighted by molar-refractivity contribution is -0.113. The molecule has 9 heteroatoms. The van der Waals surface area contributed by atoms with E-state index in [2.05, 4.69) is 15.5 Å². The smallest absolute Gasteiger partial charge is 0.234 e. The molecule has 3 rings (SSSR count). The van der Waals surface area contributed by atoms with Gasteiger partial charge in [0.25, 0.3) is 0 Å². The van der Waals surface area contributed by atoms with E-state index in [-0.39, 0.29) is 11.7 Å². The van der Waals surface area contributed by atoms with E-state index in [0.29, 0.717) is 34.8 Å². The molecular formula is C22H26N4O4S. The van der Waals surface area contributed by atoms with Crippen LogP contribution in [0.1, 0.15) is 17.0 Å². The van der Waals surface area contributed by atoms with Gasteiger partial charge >= 0.3 is 0 Å². The highest BCUT2D eigenvalue weighted by molar-refractivity contribution is 7.99. The highest BCUT2D eigenvalue weighted by atomic mass is 32.2. The number of nitrogens with one attached hydrogen (secondary N) is 1. The lowest BCUT2D eigenvalue weighted by atomic mass is 10.1. The number of thioether (sulfide) groups is 1. The van der Waals surface area contributed by atoms with Crippen LogP contribution < -0.4 is 19.5 Å². The maximum Gasteiger partial charge on any atom is 0.234 e. The van der Waals surface area contributed by atoms with Gasteiger partial charge in [-0.25, -0.2) is 0 Å². The summed E-state index contributed by atoms with van der Waals surface area (Å²) in [5, 5.41) is 11.8. The first-order valence-electron chi connectivity index (χ1n) is 9.64. The van der Waals surface area contributed by atoms with Crippen LogP contribution in [0.25, 0.3) is 0 Å². The van der Waals surface area contributed by atoms with Crippen LogP contribution in [0.4, 0.5) is 5.69 Å². The Morgan fingerprint density at radius 1 is 1.06 bits per heavy atom. The number of anilines is 1. The largest absolute Gasteiger partial charge is 0.497 e. The van der Waals surface area contributed by atoms with Crippen molar-refractivity contribution in [3.63, 3.8) is 0 Å². The summed E-state index contributed by atoms with van der Waals surface area (Å²) in [7, 11) is 4.97. The Hall–Kier alpha value is -3.20. The van der Waals surface area contributed by atoms with Gasteiger partial charge in [0.15, 0.2) is 11.0 Å². The van der Waals surface area contributed by atoms with Gasteiger partial charge in [-0.05, 0) is 43.2 Å². The molecular weight excluding hydrogens is 416 g/mol. The molecule has 0 saturated carbocycles. The van der Waals surface area contributed by atoms with E-state index in [1.54, 1.807) is 32.4 Å². The van der Waals surface area contributed by atoms with Gasteiger partial charge in [0.1, 0.15) is 23.9 Å². The SMILES string of the molecule is COc1ccc(OC)c(NC(=O)CSc2nnc(COc3cc(C)ccc3C)n2C)c1. The predicted octanol–water partition coefficient (Wildman–Crippen LogP) is 3.76. The number of carbonyl (C=O) groups excluding carboxylic acids is 1. The zero-order valence-electron chi connectivity index (χ0n) is 18.3. The summed E-state index contributed by atoms with van der Waals surface area (Å²) < 4.78 is 18.2. The monoisotopic (exact) mass is 442 g/mol. The van der Waals surface area contributed by atoms with Gasteiger partial charge in [-0.2, -0.15) is 0 Å². The molecule has 0 spiro atoms. The zero-order chi connectivity index (χ0) is 22.4. The van der Waals surface area contributed by atoms with Crippen LogP contribution >= 0.6 is 11.8 Å². The van der Waals surface area contributed by atoms with E-state index < -0.39 is 0 Å². The third kappa shape index (κ3) is 5.69. The van der Waals surface area contributed by atoms with Gasteiger partial charge in [-0.15, -0.1) is 10.2 Å². The van der Waals surface area contributed by atoms with Crippen LogP contribution in [0.3, 0.4) is 0 Å². The van der Waals surface area contributed by atoms with E-state index in [0.717, 1.165) is 16.9 Å². The Labute approximate surface area is 185 Å². The summed E-state index contributed by atoms with van der Waals surface area (Å²) in [6.45, 7) is 4.32. The van der Waals surface area contributed by atoms with Crippen molar-refractivity contribution in [1.82, 2.24) is 14.8 Å². The molecule has 1 amide bonds. The molecule has 1 N–H and O–H groups in total. The number of aryl methyl sites for hydroxylation is 2. The van der Waals surface area contributed by atoms with Crippen molar-refractivity contribution >= 4 is 23.4 Å². The second-order valence-electron chi connectivity index (χ2n) is 6.92. The van der Waals surface area contributed by atoms with Crippen molar-refractivity contribution in [2.75, 3.05) is 25.3 Å². The summed E-state index contributed by atoms with van der Waals surface area (Å²) in [5.74, 6) is 2.67. The lowest BCUT2D eigenvalue weighted by Crippen LogP contribution is -2.15. The maximum atomic E-state index is 12.4. The molecule has 0 aliphatic carbocycles. The fourth-order valence-corrected chi connectivity index (χ4v) is 3.56. The number of nitrogens with zero attached hydrogens (tertiary/aromatic N) is 3. The molecule has 1 aromatic heterocycles. The predicted molar refractivity (Wildman–Crippen MR) is 120 cm³/mol. The van der Waals surface area contributed by atoms with E-state index >= 15 is 0 Å². The molecule has 8 nitrogen and oxygen atoms in total. The van der Waals surface area contributed by atoms with E-state index in [9.17, 15) is 4.79 Å². The third-order valence-electron chi connectivity index (χ3n) is 4.64. The summed E-state index contributed by atoms with van der Waals surface area (Å²) in [6, 6.07) is 11.3. The second kappa shape index (κ2) is 10.2. The van der Waals surface area contributed by atoms with Crippen LogP contribution in [-0.4, -0.2) is 40.6 Å². The number of hydrogen-bond donors (Lipinski definition) is 1. The third-order valence-corrected chi connectivity index (χ3v) is 5.66. The number of carbonyl (C=O) groups is 1. The topological polar surface area (TPSA) is 87.5 Å². The van der Waals surface area contributed by atoms with Gasteiger partial charge in [0, 0.05) is 13.1 Å². The number of rotatable bonds is 9. The minimum absolute atomic E-state index is 0.171. The molecule has 0 aliphatic rings. The van der Waals surface area contributed by atoms with Gasteiger partial charge in [-0.1, -0.05) is 23.9 Å². The number of ether oxygens (including phenoxy) is 3.